The van der Waals surface area contributed by atoms with Crippen molar-refractivity contribution in [2.75, 3.05) is 11.9 Å². The first kappa shape index (κ1) is 13.5. The minimum Gasteiger partial charge on any atom is -0.294 e. The maximum absolute atomic E-state index is 4.47. The van der Waals surface area contributed by atoms with Gasteiger partial charge in [-0.2, -0.15) is 0 Å². The highest BCUT2D eigenvalue weighted by molar-refractivity contribution is 9.10. The van der Waals surface area contributed by atoms with E-state index in [1.54, 1.807) is 0 Å². The number of nitrogens with zero attached hydrogens (tertiary/aromatic N) is 2. The van der Waals surface area contributed by atoms with Crippen molar-refractivity contribution >= 4 is 31.9 Å². The number of alkyl halides is 1. The van der Waals surface area contributed by atoms with Gasteiger partial charge < -0.3 is 0 Å². The van der Waals surface area contributed by atoms with Crippen molar-refractivity contribution < 1.29 is 0 Å². The van der Waals surface area contributed by atoms with Crippen LogP contribution in [0.5, 0.6) is 0 Å². The third-order valence-electron chi connectivity index (χ3n) is 3.33. The zero-order valence-electron chi connectivity index (χ0n) is 9.91. The molecule has 2 rings (SSSR count). The van der Waals surface area contributed by atoms with E-state index in [4.69, 9.17) is 0 Å². The molecule has 0 aliphatic carbocycles. The first-order valence-corrected chi connectivity index (χ1v) is 8.11. The molecule has 1 aliphatic rings. The standard InChI is InChI=1S/C13H18Br2N2/c14-8-13-4-2-1-3-7-17(13)10-12-6-5-11(15)9-16-12/h5-6,9,13H,1-4,7-8,10H2. The van der Waals surface area contributed by atoms with E-state index < -0.39 is 0 Å². The van der Waals surface area contributed by atoms with Crippen molar-refractivity contribution in [1.82, 2.24) is 9.88 Å². The number of hydrogen-bond donors (Lipinski definition) is 0. The second kappa shape index (κ2) is 6.86. The Morgan fingerprint density at radius 2 is 2.18 bits per heavy atom. The third-order valence-corrected chi connectivity index (χ3v) is 4.55. The van der Waals surface area contributed by atoms with Gasteiger partial charge in [0.25, 0.3) is 0 Å². The summed E-state index contributed by atoms with van der Waals surface area (Å²) in [6, 6.07) is 4.85. The van der Waals surface area contributed by atoms with Gasteiger partial charge in [-0.3, -0.25) is 9.88 Å². The van der Waals surface area contributed by atoms with E-state index in [1.165, 1.54) is 37.9 Å². The Morgan fingerprint density at radius 1 is 1.29 bits per heavy atom. The SMILES string of the molecule is BrCC1CCCCCN1Cc1ccc(Br)cn1. The molecule has 1 atom stereocenters. The number of likely N-dealkylation sites (tertiary alicyclic amines) is 1. The Bertz CT molecular complexity index is 340. The molecule has 1 aromatic heterocycles. The van der Waals surface area contributed by atoms with Crippen molar-refractivity contribution in [3.8, 4) is 0 Å². The summed E-state index contributed by atoms with van der Waals surface area (Å²) in [6.07, 6.45) is 7.24. The highest BCUT2D eigenvalue weighted by Gasteiger charge is 2.20. The predicted octanol–water partition coefficient (Wildman–Crippen LogP) is 3.98. The molecule has 17 heavy (non-hydrogen) atoms. The first-order chi connectivity index (χ1) is 8.29. The molecule has 0 aromatic carbocycles. The molecule has 0 amide bonds. The molecule has 1 aliphatic heterocycles. The summed E-state index contributed by atoms with van der Waals surface area (Å²) in [5.41, 5.74) is 1.17. The van der Waals surface area contributed by atoms with Gasteiger partial charge in [0.2, 0.25) is 0 Å². The zero-order chi connectivity index (χ0) is 12.1. The van der Waals surface area contributed by atoms with Crippen LogP contribution < -0.4 is 0 Å². The van der Waals surface area contributed by atoms with Crippen LogP contribution in [0.1, 0.15) is 31.4 Å². The molecule has 1 fully saturated rings. The lowest BCUT2D eigenvalue weighted by Crippen LogP contribution is -2.35. The van der Waals surface area contributed by atoms with Crippen LogP contribution in [-0.2, 0) is 6.54 Å². The van der Waals surface area contributed by atoms with E-state index in [9.17, 15) is 0 Å². The van der Waals surface area contributed by atoms with Gasteiger partial charge in [0.05, 0.1) is 5.69 Å². The van der Waals surface area contributed by atoms with Gasteiger partial charge >= 0.3 is 0 Å². The van der Waals surface area contributed by atoms with Crippen molar-refractivity contribution in [1.29, 1.82) is 0 Å². The lowest BCUT2D eigenvalue weighted by Gasteiger charge is -2.28. The molecule has 2 heterocycles. The van der Waals surface area contributed by atoms with Gasteiger partial charge in [-0.25, -0.2) is 0 Å². The van der Waals surface area contributed by atoms with E-state index in [-0.39, 0.29) is 0 Å². The quantitative estimate of drug-likeness (QED) is 0.757. The summed E-state index contributed by atoms with van der Waals surface area (Å²) in [5, 5.41) is 1.07. The molecule has 1 unspecified atom stereocenters. The second-order valence-corrected chi connectivity index (χ2v) is 6.16. The molecule has 0 bridgehead atoms. The summed E-state index contributed by atoms with van der Waals surface area (Å²) in [7, 11) is 0. The minimum absolute atomic E-state index is 0.669. The van der Waals surface area contributed by atoms with E-state index in [0.717, 1.165) is 16.3 Å². The van der Waals surface area contributed by atoms with Gasteiger partial charge in [-0.05, 0) is 47.4 Å². The van der Waals surface area contributed by atoms with Crippen LogP contribution in [0, 0.1) is 0 Å². The molecule has 0 spiro atoms. The number of hydrogen-bond acceptors (Lipinski definition) is 2. The summed E-state index contributed by atoms with van der Waals surface area (Å²) in [5.74, 6) is 0. The lowest BCUT2D eigenvalue weighted by atomic mass is 10.1. The number of aromatic nitrogens is 1. The van der Waals surface area contributed by atoms with Crippen molar-refractivity contribution in [3.05, 3.63) is 28.5 Å². The number of pyridine rings is 1. The number of rotatable bonds is 3. The third kappa shape index (κ3) is 4.04. The maximum Gasteiger partial charge on any atom is 0.0544 e. The Kier molecular flexibility index (Phi) is 5.45. The van der Waals surface area contributed by atoms with Crippen LogP contribution in [0.4, 0.5) is 0 Å². The van der Waals surface area contributed by atoms with Gasteiger partial charge in [0, 0.05) is 28.6 Å². The molecule has 0 N–H and O–H groups in total. The van der Waals surface area contributed by atoms with Gasteiger partial charge in [-0.1, -0.05) is 28.8 Å². The second-order valence-electron chi connectivity index (χ2n) is 4.60. The zero-order valence-corrected chi connectivity index (χ0v) is 13.1. The fraction of sp³-hybridized carbons (Fsp3) is 0.615. The fourth-order valence-electron chi connectivity index (χ4n) is 2.33. The van der Waals surface area contributed by atoms with Crippen LogP contribution in [0.3, 0.4) is 0 Å². The smallest absolute Gasteiger partial charge is 0.0544 e. The molecule has 1 aromatic rings. The topological polar surface area (TPSA) is 16.1 Å². The molecule has 0 radical (unpaired) electrons. The molecule has 0 saturated carbocycles. The monoisotopic (exact) mass is 360 g/mol. The average molecular weight is 362 g/mol. The Hall–Kier alpha value is 0.0700. The highest BCUT2D eigenvalue weighted by Crippen LogP contribution is 2.20. The minimum atomic E-state index is 0.669. The summed E-state index contributed by atoms with van der Waals surface area (Å²) >= 11 is 7.07. The van der Waals surface area contributed by atoms with Gasteiger partial charge in [0.15, 0.2) is 0 Å². The van der Waals surface area contributed by atoms with Crippen LogP contribution in [0.15, 0.2) is 22.8 Å². The summed E-state index contributed by atoms with van der Waals surface area (Å²) < 4.78 is 1.05. The van der Waals surface area contributed by atoms with Crippen LogP contribution in [-0.4, -0.2) is 27.8 Å². The highest BCUT2D eigenvalue weighted by atomic mass is 79.9. The molecule has 94 valence electrons. The molecule has 1 saturated heterocycles. The van der Waals surface area contributed by atoms with Crippen LogP contribution >= 0.6 is 31.9 Å². The largest absolute Gasteiger partial charge is 0.294 e. The molecule has 2 nitrogen and oxygen atoms in total. The van der Waals surface area contributed by atoms with Crippen molar-refractivity contribution in [3.63, 3.8) is 0 Å². The first-order valence-electron chi connectivity index (χ1n) is 6.20. The number of halogens is 2. The van der Waals surface area contributed by atoms with Crippen LogP contribution in [0.2, 0.25) is 0 Å². The van der Waals surface area contributed by atoms with Gasteiger partial charge in [-0.15, -0.1) is 0 Å². The van der Waals surface area contributed by atoms with Gasteiger partial charge in [0.1, 0.15) is 0 Å². The van der Waals surface area contributed by atoms with E-state index in [0.29, 0.717) is 6.04 Å². The Balaban J connectivity index is 2.01. The molecular formula is C13H18Br2N2. The Morgan fingerprint density at radius 3 is 2.88 bits per heavy atom. The van der Waals surface area contributed by atoms with Crippen molar-refractivity contribution in [2.45, 2.75) is 38.3 Å². The maximum atomic E-state index is 4.47. The predicted molar refractivity (Wildman–Crippen MR) is 78.4 cm³/mol. The normalized spacial score (nSPS) is 22.4. The van der Waals surface area contributed by atoms with E-state index >= 15 is 0 Å². The Labute approximate surface area is 120 Å². The molecule has 4 heteroatoms. The fourth-order valence-corrected chi connectivity index (χ4v) is 3.30. The average Bonchev–Trinajstić information content (AvgIpc) is 2.57. The lowest BCUT2D eigenvalue weighted by molar-refractivity contribution is 0.207. The van der Waals surface area contributed by atoms with E-state index in [2.05, 4.69) is 53.9 Å². The van der Waals surface area contributed by atoms with Crippen molar-refractivity contribution in [2.24, 2.45) is 0 Å². The summed E-state index contributed by atoms with van der Waals surface area (Å²) in [6.45, 7) is 2.18. The molecular weight excluding hydrogens is 344 g/mol. The van der Waals surface area contributed by atoms with E-state index in [1.807, 2.05) is 6.20 Å². The van der Waals surface area contributed by atoms with Crippen LogP contribution in [0.25, 0.3) is 0 Å². The summed E-state index contributed by atoms with van der Waals surface area (Å²) in [4.78, 5) is 7.04.